The maximum atomic E-state index is 11.3. The van der Waals surface area contributed by atoms with Crippen LogP contribution in [0.25, 0.3) is 6.08 Å². The number of hydrogen-bond acceptors (Lipinski definition) is 3. The van der Waals surface area contributed by atoms with Crippen LogP contribution in [0.3, 0.4) is 0 Å². The minimum atomic E-state index is -0.387. The number of urea groups is 1. The van der Waals surface area contributed by atoms with Gasteiger partial charge in [0.15, 0.2) is 0 Å². The van der Waals surface area contributed by atoms with E-state index in [1.54, 1.807) is 18.2 Å². The third-order valence-corrected chi connectivity index (χ3v) is 2.42. The molecular weight excluding hydrogens is 268 g/mol. The number of carbonyl (C=O) groups excluding carboxylic acids is 2. The average Bonchev–Trinajstić information content (AvgIpc) is 2.38. The summed E-state index contributed by atoms with van der Waals surface area (Å²) in [7, 11) is 1.30. The van der Waals surface area contributed by atoms with Gasteiger partial charge in [-0.15, -0.1) is 0 Å². The van der Waals surface area contributed by atoms with E-state index >= 15 is 0 Å². The Morgan fingerprint density at radius 2 is 2.21 bits per heavy atom. The van der Waals surface area contributed by atoms with Gasteiger partial charge in [-0.3, -0.25) is 4.79 Å². The van der Waals surface area contributed by atoms with Crippen LogP contribution in [0.15, 0.2) is 30.5 Å². The first-order valence-corrected chi connectivity index (χ1v) is 6.03. The van der Waals surface area contributed by atoms with Crippen molar-refractivity contribution in [2.75, 3.05) is 13.7 Å². The van der Waals surface area contributed by atoms with E-state index in [4.69, 9.17) is 11.6 Å². The summed E-state index contributed by atoms with van der Waals surface area (Å²) in [5.41, 5.74) is 0.877. The quantitative estimate of drug-likeness (QED) is 0.814. The first kappa shape index (κ1) is 15.0. The Morgan fingerprint density at radius 3 is 2.89 bits per heavy atom. The molecule has 102 valence electrons. The highest BCUT2D eigenvalue weighted by Crippen LogP contribution is 2.11. The van der Waals surface area contributed by atoms with Gasteiger partial charge in [0.05, 0.1) is 13.5 Å². The molecule has 0 fully saturated rings. The minimum absolute atomic E-state index is 0.141. The lowest BCUT2D eigenvalue weighted by molar-refractivity contribution is -0.140. The number of rotatable bonds is 5. The third kappa shape index (κ3) is 6.47. The van der Waals surface area contributed by atoms with Gasteiger partial charge < -0.3 is 15.4 Å². The van der Waals surface area contributed by atoms with Crippen molar-refractivity contribution in [1.29, 1.82) is 0 Å². The lowest BCUT2D eigenvalue weighted by Gasteiger charge is -2.03. The van der Waals surface area contributed by atoms with Crippen molar-refractivity contribution >= 4 is 29.7 Å². The lowest BCUT2D eigenvalue weighted by Crippen LogP contribution is -2.33. The van der Waals surface area contributed by atoms with E-state index in [0.29, 0.717) is 5.02 Å². The molecule has 0 saturated heterocycles. The van der Waals surface area contributed by atoms with Gasteiger partial charge in [-0.1, -0.05) is 23.7 Å². The van der Waals surface area contributed by atoms with Gasteiger partial charge in [-0.25, -0.2) is 4.79 Å². The number of halogens is 1. The number of benzene rings is 1. The van der Waals surface area contributed by atoms with Crippen molar-refractivity contribution in [3.63, 3.8) is 0 Å². The number of esters is 1. The molecule has 0 unspecified atom stereocenters. The predicted octanol–water partition coefficient (Wildman–Crippen LogP) is 2.17. The van der Waals surface area contributed by atoms with Gasteiger partial charge in [0, 0.05) is 17.8 Å². The molecular formula is C13H15ClN2O3. The minimum Gasteiger partial charge on any atom is -0.469 e. The van der Waals surface area contributed by atoms with Gasteiger partial charge in [-0.2, -0.15) is 0 Å². The normalized spacial score (nSPS) is 10.2. The Labute approximate surface area is 116 Å². The summed E-state index contributed by atoms with van der Waals surface area (Å²) < 4.78 is 4.45. The molecule has 0 atom stereocenters. The SMILES string of the molecule is COC(=O)CCNC(=O)N/C=C/c1cccc(Cl)c1. The summed E-state index contributed by atoms with van der Waals surface area (Å²) in [6.45, 7) is 0.226. The summed E-state index contributed by atoms with van der Waals surface area (Å²) in [5, 5.41) is 5.66. The van der Waals surface area contributed by atoms with Crippen molar-refractivity contribution in [3.8, 4) is 0 Å². The summed E-state index contributed by atoms with van der Waals surface area (Å²) in [6.07, 6.45) is 3.35. The van der Waals surface area contributed by atoms with Crippen molar-refractivity contribution in [1.82, 2.24) is 10.6 Å². The molecule has 2 N–H and O–H groups in total. The van der Waals surface area contributed by atoms with E-state index in [1.165, 1.54) is 13.3 Å². The van der Waals surface area contributed by atoms with Crippen molar-refractivity contribution in [2.24, 2.45) is 0 Å². The Bertz CT molecular complexity index is 475. The summed E-state index contributed by atoms with van der Waals surface area (Å²) >= 11 is 5.82. The number of carbonyl (C=O) groups is 2. The second kappa shape index (κ2) is 8.16. The molecule has 0 radical (unpaired) electrons. The average molecular weight is 283 g/mol. The standard InChI is InChI=1S/C13H15ClN2O3/c1-19-12(17)6-8-16-13(18)15-7-5-10-3-2-4-11(14)9-10/h2-5,7,9H,6,8H2,1H3,(H2,15,16,18)/b7-5+. The molecule has 1 aromatic rings. The van der Waals surface area contributed by atoms with Crippen LogP contribution in [-0.4, -0.2) is 25.7 Å². The molecule has 0 aliphatic rings. The molecule has 5 nitrogen and oxygen atoms in total. The van der Waals surface area contributed by atoms with Crippen LogP contribution in [-0.2, 0) is 9.53 Å². The molecule has 1 aromatic carbocycles. The molecule has 19 heavy (non-hydrogen) atoms. The maximum Gasteiger partial charge on any atom is 0.318 e. The van der Waals surface area contributed by atoms with E-state index < -0.39 is 0 Å². The molecule has 0 aliphatic heterocycles. The first-order valence-electron chi connectivity index (χ1n) is 5.65. The van der Waals surface area contributed by atoms with Crippen LogP contribution in [0.5, 0.6) is 0 Å². The predicted molar refractivity (Wildman–Crippen MR) is 73.7 cm³/mol. The molecule has 0 heterocycles. The van der Waals surface area contributed by atoms with Crippen LogP contribution in [0.2, 0.25) is 5.02 Å². The number of amides is 2. The fraction of sp³-hybridized carbons (Fsp3) is 0.231. The topological polar surface area (TPSA) is 67.4 Å². The molecule has 0 aliphatic carbocycles. The van der Waals surface area contributed by atoms with Crippen LogP contribution >= 0.6 is 11.6 Å². The highest BCUT2D eigenvalue weighted by molar-refractivity contribution is 6.30. The number of methoxy groups -OCH3 is 1. The van der Waals surface area contributed by atoms with Gasteiger partial charge in [0.25, 0.3) is 0 Å². The van der Waals surface area contributed by atoms with Crippen LogP contribution in [0, 0.1) is 0 Å². The fourth-order valence-corrected chi connectivity index (χ4v) is 1.45. The van der Waals surface area contributed by atoms with E-state index in [-0.39, 0.29) is 25.0 Å². The van der Waals surface area contributed by atoms with Crippen LogP contribution < -0.4 is 10.6 Å². The zero-order chi connectivity index (χ0) is 14.1. The second-order valence-corrected chi connectivity index (χ2v) is 4.05. The molecule has 0 aromatic heterocycles. The zero-order valence-electron chi connectivity index (χ0n) is 10.5. The molecule has 0 saturated carbocycles. The van der Waals surface area contributed by atoms with Crippen molar-refractivity contribution < 1.29 is 14.3 Å². The van der Waals surface area contributed by atoms with Gasteiger partial charge in [0.1, 0.15) is 0 Å². The number of nitrogens with one attached hydrogen (secondary N) is 2. The summed E-state index contributed by atoms with van der Waals surface area (Å²) in [5.74, 6) is -0.366. The molecule has 0 bridgehead atoms. The van der Waals surface area contributed by atoms with Crippen LogP contribution in [0.1, 0.15) is 12.0 Å². The van der Waals surface area contributed by atoms with E-state index in [1.807, 2.05) is 12.1 Å². The molecule has 1 rings (SSSR count). The van der Waals surface area contributed by atoms with E-state index in [2.05, 4.69) is 15.4 Å². The zero-order valence-corrected chi connectivity index (χ0v) is 11.2. The number of hydrogen-bond donors (Lipinski definition) is 2. The van der Waals surface area contributed by atoms with E-state index in [9.17, 15) is 9.59 Å². The highest BCUT2D eigenvalue weighted by Gasteiger charge is 2.01. The fourth-order valence-electron chi connectivity index (χ4n) is 1.26. The monoisotopic (exact) mass is 282 g/mol. The Morgan fingerprint density at radius 1 is 1.42 bits per heavy atom. The first-order chi connectivity index (χ1) is 9.11. The Balaban J connectivity index is 2.28. The van der Waals surface area contributed by atoms with Gasteiger partial charge in [0.2, 0.25) is 0 Å². The third-order valence-electron chi connectivity index (χ3n) is 2.18. The van der Waals surface area contributed by atoms with Crippen LogP contribution in [0.4, 0.5) is 4.79 Å². The van der Waals surface area contributed by atoms with Gasteiger partial charge >= 0.3 is 12.0 Å². The maximum absolute atomic E-state index is 11.3. The number of ether oxygens (including phenoxy) is 1. The van der Waals surface area contributed by atoms with Crippen molar-refractivity contribution in [3.05, 3.63) is 41.1 Å². The summed E-state index contributed by atoms with van der Waals surface area (Å²) in [4.78, 5) is 22.1. The molecule has 2 amide bonds. The smallest absolute Gasteiger partial charge is 0.318 e. The van der Waals surface area contributed by atoms with Crippen molar-refractivity contribution in [2.45, 2.75) is 6.42 Å². The van der Waals surface area contributed by atoms with Gasteiger partial charge in [-0.05, 0) is 23.8 Å². The Kier molecular flexibility index (Phi) is 6.46. The molecule has 0 spiro atoms. The van der Waals surface area contributed by atoms with E-state index in [0.717, 1.165) is 5.56 Å². The highest BCUT2D eigenvalue weighted by atomic mass is 35.5. The summed E-state index contributed by atoms with van der Waals surface area (Å²) in [6, 6.07) is 6.83. The Hall–Kier alpha value is -2.01. The molecule has 6 heteroatoms. The second-order valence-electron chi connectivity index (χ2n) is 3.61. The largest absolute Gasteiger partial charge is 0.469 e. The lowest BCUT2D eigenvalue weighted by atomic mass is 10.2.